The van der Waals surface area contributed by atoms with E-state index in [0.717, 1.165) is 22.6 Å². The van der Waals surface area contributed by atoms with Crippen LogP contribution in [0.15, 0.2) is 42.6 Å². The molecule has 1 saturated carbocycles. The van der Waals surface area contributed by atoms with Crippen molar-refractivity contribution in [1.82, 2.24) is 14.9 Å². The van der Waals surface area contributed by atoms with E-state index in [9.17, 15) is 4.79 Å². The summed E-state index contributed by atoms with van der Waals surface area (Å²) in [6.07, 6.45) is 9.48. The van der Waals surface area contributed by atoms with Gasteiger partial charge in [-0.2, -0.15) is 0 Å². The summed E-state index contributed by atoms with van der Waals surface area (Å²) >= 11 is 0. The Balaban J connectivity index is 1.41. The molecule has 1 fully saturated rings. The summed E-state index contributed by atoms with van der Waals surface area (Å²) in [5.74, 6) is 2.08. The van der Waals surface area contributed by atoms with Crippen LogP contribution in [-0.2, 0) is 11.3 Å². The van der Waals surface area contributed by atoms with E-state index < -0.39 is 0 Å². The molecule has 0 spiro atoms. The van der Waals surface area contributed by atoms with Crippen LogP contribution in [0.1, 0.15) is 25.0 Å². The summed E-state index contributed by atoms with van der Waals surface area (Å²) in [5, 5.41) is 0. The first-order chi connectivity index (χ1) is 11.2. The molecule has 0 aliphatic heterocycles. The number of hydrogen-bond acceptors (Lipinski definition) is 3. The average Bonchev–Trinajstić information content (AvgIpc) is 3.17. The Morgan fingerprint density at radius 1 is 1.22 bits per heavy atom. The third-order valence-corrected chi connectivity index (χ3v) is 5.18. The minimum absolute atomic E-state index is 0.214. The molecule has 2 aliphatic rings. The molecule has 1 heterocycles. The van der Waals surface area contributed by atoms with Gasteiger partial charge in [0.05, 0.1) is 29.5 Å². The zero-order valence-electron chi connectivity index (χ0n) is 13.4. The summed E-state index contributed by atoms with van der Waals surface area (Å²) in [6, 6.07) is 7.81. The zero-order valence-corrected chi connectivity index (χ0v) is 13.4. The second-order valence-electron chi connectivity index (χ2n) is 6.84. The predicted molar refractivity (Wildman–Crippen MR) is 89.5 cm³/mol. The fraction of sp³-hybridized carbons (Fsp3) is 0.421. The minimum atomic E-state index is 0.214. The summed E-state index contributed by atoms with van der Waals surface area (Å²) in [4.78, 5) is 23.3. The standard InChI is InChI=1S/C19H21N3O/c1-22(19(23)10-15-9-13-6-7-14(15)8-13)12-16-11-20-17-4-2-3-5-18(17)21-16/h2-7,11,13-15H,8-10,12H2,1H3/t13-,14+,15+/m1/s1. The van der Waals surface area contributed by atoms with Gasteiger partial charge in [0.2, 0.25) is 5.91 Å². The number of para-hydroxylation sites is 2. The molecule has 3 atom stereocenters. The van der Waals surface area contributed by atoms with Crippen molar-refractivity contribution in [3.63, 3.8) is 0 Å². The van der Waals surface area contributed by atoms with Crippen LogP contribution in [0.25, 0.3) is 11.0 Å². The molecule has 0 unspecified atom stereocenters. The second-order valence-corrected chi connectivity index (χ2v) is 6.84. The van der Waals surface area contributed by atoms with Crippen molar-refractivity contribution in [3.8, 4) is 0 Å². The van der Waals surface area contributed by atoms with Crippen LogP contribution in [-0.4, -0.2) is 27.8 Å². The molecule has 2 bridgehead atoms. The van der Waals surface area contributed by atoms with E-state index in [4.69, 9.17) is 0 Å². The van der Waals surface area contributed by atoms with Crippen LogP contribution >= 0.6 is 0 Å². The van der Waals surface area contributed by atoms with Crippen molar-refractivity contribution < 1.29 is 4.79 Å². The quantitative estimate of drug-likeness (QED) is 0.815. The number of nitrogens with zero attached hydrogens (tertiary/aromatic N) is 3. The van der Waals surface area contributed by atoms with E-state index in [1.165, 1.54) is 12.8 Å². The molecule has 2 aromatic rings. The molecule has 2 aliphatic carbocycles. The van der Waals surface area contributed by atoms with Crippen molar-refractivity contribution in [2.24, 2.45) is 17.8 Å². The van der Waals surface area contributed by atoms with Crippen molar-refractivity contribution in [2.45, 2.75) is 25.8 Å². The number of carbonyl (C=O) groups excluding carboxylic acids is 1. The SMILES string of the molecule is CN(Cc1cnc2ccccc2n1)C(=O)C[C@@H]1C[C@@H]2C=C[C@H]1C2. The highest BCUT2D eigenvalue weighted by Gasteiger charge is 2.36. The number of fused-ring (bicyclic) bond motifs is 3. The van der Waals surface area contributed by atoms with Crippen molar-refractivity contribution in [1.29, 1.82) is 0 Å². The number of allylic oxidation sites excluding steroid dienone is 2. The molecule has 1 aromatic carbocycles. The highest BCUT2D eigenvalue weighted by Crippen LogP contribution is 2.45. The molecular weight excluding hydrogens is 286 g/mol. The van der Waals surface area contributed by atoms with E-state index in [2.05, 4.69) is 22.1 Å². The lowest BCUT2D eigenvalue weighted by Gasteiger charge is -2.22. The molecule has 118 valence electrons. The van der Waals surface area contributed by atoms with E-state index in [-0.39, 0.29) is 5.91 Å². The average molecular weight is 307 g/mol. The molecular formula is C19H21N3O. The van der Waals surface area contributed by atoms with E-state index in [0.29, 0.717) is 24.8 Å². The number of benzene rings is 1. The molecule has 4 rings (SSSR count). The van der Waals surface area contributed by atoms with Gasteiger partial charge in [-0.1, -0.05) is 24.3 Å². The first-order valence-corrected chi connectivity index (χ1v) is 8.32. The van der Waals surface area contributed by atoms with Gasteiger partial charge in [-0.05, 0) is 42.7 Å². The van der Waals surface area contributed by atoms with E-state index in [1.54, 1.807) is 11.1 Å². The van der Waals surface area contributed by atoms with Crippen LogP contribution in [0.3, 0.4) is 0 Å². The Hall–Kier alpha value is -2.23. The molecule has 23 heavy (non-hydrogen) atoms. The van der Waals surface area contributed by atoms with Gasteiger partial charge in [-0.15, -0.1) is 0 Å². The first-order valence-electron chi connectivity index (χ1n) is 8.32. The molecule has 4 heteroatoms. The van der Waals surface area contributed by atoms with E-state index >= 15 is 0 Å². The third kappa shape index (κ3) is 2.85. The summed E-state index contributed by atoms with van der Waals surface area (Å²) in [6.45, 7) is 0.521. The highest BCUT2D eigenvalue weighted by atomic mass is 16.2. The fourth-order valence-corrected chi connectivity index (χ4v) is 3.91. The molecule has 0 saturated heterocycles. The number of rotatable bonds is 4. The van der Waals surface area contributed by atoms with Gasteiger partial charge >= 0.3 is 0 Å². The maximum absolute atomic E-state index is 12.5. The Morgan fingerprint density at radius 3 is 2.78 bits per heavy atom. The summed E-state index contributed by atoms with van der Waals surface area (Å²) in [7, 11) is 1.86. The molecule has 0 radical (unpaired) electrons. The third-order valence-electron chi connectivity index (χ3n) is 5.18. The van der Waals surface area contributed by atoms with Gasteiger partial charge < -0.3 is 4.90 Å². The Labute approximate surface area is 136 Å². The molecule has 0 N–H and O–H groups in total. The number of aromatic nitrogens is 2. The molecule has 4 nitrogen and oxygen atoms in total. The number of amides is 1. The fourth-order valence-electron chi connectivity index (χ4n) is 3.91. The largest absolute Gasteiger partial charge is 0.340 e. The van der Waals surface area contributed by atoms with Crippen molar-refractivity contribution >= 4 is 16.9 Å². The minimum Gasteiger partial charge on any atom is -0.340 e. The van der Waals surface area contributed by atoms with Crippen molar-refractivity contribution in [2.75, 3.05) is 7.05 Å². The van der Waals surface area contributed by atoms with Crippen LogP contribution in [0.4, 0.5) is 0 Å². The zero-order chi connectivity index (χ0) is 15.8. The normalized spacial score (nSPS) is 25.2. The first kappa shape index (κ1) is 14.4. The van der Waals surface area contributed by atoms with Gasteiger partial charge in [-0.3, -0.25) is 9.78 Å². The predicted octanol–water partition coefficient (Wildman–Crippen LogP) is 3.19. The Kier molecular flexibility index (Phi) is 3.60. The van der Waals surface area contributed by atoms with Gasteiger partial charge in [0.15, 0.2) is 0 Å². The van der Waals surface area contributed by atoms with E-state index in [1.807, 2.05) is 31.3 Å². The van der Waals surface area contributed by atoms with Crippen LogP contribution in [0.5, 0.6) is 0 Å². The molecule has 1 amide bonds. The van der Waals surface area contributed by atoms with Gasteiger partial charge in [0, 0.05) is 13.5 Å². The smallest absolute Gasteiger partial charge is 0.222 e. The maximum Gasteiger partial charge on any atom is 0.222 e. The lowest BCUT2D eigenvalue weighted by atomic mass is 9.90. The van der Waals surface area contributed by atoms with Crippen molar-refractivity contribution in [3.05, 3.63) is 48.3 Å². The van der Waals surface area contributed by atoms with Crippen LogP contribution < -0.4 is 0 Å². The van der Waals surface area contributed by atoms with Crippen LogP contribution in [0.2, 0.25) is 0 Å². The Bertz CT molecular complexity index is 770. The number of carbonyl (C=O) groups is 1. The lowest BCUT2D eigenvalue weighted by Crippen LogP contribution is -2.29. The lowest BCUT2D eigenvalue weighted by molar-refractivity contribution is -0.131. The maximum atomic E-state index is 12.5. The summed E-state index contributed by atoms with van der Waals surface area (Å²) < 4.78 is 0. The topological polar surface area (TPSA) is 46.1 Å². The van der Waals surface area contributed by atoms with Crippen LogP contribution in [0, 0.1) is 17.8 Å². The van der Waals surface area contributed by atoms with Gasteiger partial charge in [0.25, 0.3) is 0 Å². The molecule has 1 aromatic heterocycles. The van der Waals surface area contributed by atoms with Gasteiger partial charge in [0.1, 0.15) is 0 Å². The summed E-state index contributed by atoms with van der Waals surface area (Å²) in [5.41, 5.74) is 2.61. The van der Waals surface area contributed by atoms with Gasteiger partial charge in [-0.25, -0.2) is 4.98 Å². The Morgan fingerprint density at radius 2 is 2.04 bits per heavy atom. The number of hydrogen-bond donors (Lipinski definition) is 0. The second kappa shape index (κ2) is 5.76. The highest BCUT2D eigenvalue weighted by molar-refractivity contribution is 5.76. The monoisotopic (exact) mass is 307 g/mol.